The first-order valence-electron chi connectivity index (χ1n) is 3.96. The fraction of sp³-hybridized carbons (Fsp3) is 0.400. The molecule has 1 aliphatic rings. The Bertz CT molecular complexity index is 418. The summed E-state index contributed by atoms with van der Waals surface area (Å²) in [6.45, 7) is 1.78. The van der Waals surface area contributed by atoms with Gasteiger partial charge >= 0.3 is 0 Å². The van der Waals surface area contributed by atoms with Gasteiger partial charge in [0.25, 0.3) is 0 Å². The normalized spacial score (nSPS) is 18.4. The van der Waals surface area contributed by atoms with Gasteiger partial charge in [0, 0.05) is 5.92 Å². The number of rotatable bonds is 2. The highest BCUT2D eigenvalue weighted by Crippen LogP contribution is 2.47. The van der Waals surface area contributed by atoms with Gasteiger partial charge in [-0.3, -0.25) is 0 Å². The van der Waals surface area contributed by atoms with Crippen molar-refractivity contribution in [2.24, 2.45) is 17.3 Å². The molecule has 4 heteroatoms. The Labute approximate surface area is 81.9 Å². The summed E-state index contributed by atoms with van der Waals surface area (Å²) in [5.74, 6) is -1.53. The van der Waals surface area contributed by atoms with E-state index in [1.54, 1.807) is 37.3 Å². The van der Waals surface area contributed by atoms with Crippen LogP contribution in [0.2, 0.25) is 0 Å². The maximum Gasteiger partial charge on any atom is 0.182 e. The minimum atomic E-state index is -1.52. The molecule has 4 nitrogen and oxygen atoms in total. The van der Waals surface area contributed by atoms with Crippen molar-refractivity contribution in [3.8, 4) is 24.3 Å². The Morgan fingerprint density at radius 1 is 1.21 bits per heavy atom. The zero-order chi connectivity index (χ0) is 10.8. The lowest BCUT2D eigenvalue weighted by Gasteiger charge is -2.18. The highest BCUT2D eigenvalue weighted by molar-refractivity contribution is 5.43. The van der Waals surface area contributed by atoms with Crippen LogP contribution in [0.25, 0.3) is 0 Å². The Morgan fingerprint density at radius 2 is 1.64 bits per heavy atom. The molecule has 1 unspecified atom stereocenters. The lowest BCUT2D eigenvalue weighted by Crippen LogP contribution is -2.29. The van der Waals surface area contributed by atoms with Gasteiger partial charge in [-0.1, -0.05) is 11.6 Å². The highest BCUT2D eigenvalue weighted by Gasteiger charge is 2.52. The van der Waals surface area contributed by atoms with Gasteiger partial charge in [-0.2, -0.15) is 21.0 Å². The van der Waals surface area contributed by atoms with E-state index < -0.39 is 11.3 Å². The fourth-order valence-electron chi connectivity index (χ4n) is 1.41. The van der Waals surface area contributed by atoms with Gasteiger partial charge in [0.2, 0.25) is 0 Å². The van der Waals surface area contributed by atoms with Crippen molar-refractivity contribution in [1.82, 2.24) is 0 Å². The largest absolute Gasteiger partial charge is 0.197 e. The van der Waals surface area contributed by atoms with Crippen molar-refractivity contribution in [1.29, 1.82) is 21.0 Å². The molecule has 0 saturated carbocycles. The molecule has 1 rings (SSSR count). The first kappa shape index (κ1) is 9.79. The van der Waals surface area contributed by atoms with Crippen LogP contribution in [0.15, 0.2) is 11.6 Å². The van der Waals surface area contributed by atoms with Gasteiger partial charge in [-0.25, -0.2) is 0 Å². The second-order valence-corrected chi connectivity index (χ2v) is 3.17. The van der Waals surface area contributed by atoms with Crippen LogP contribution < -0.4 is 0 Å². The van der Waals surface area contributed by atoms with Gasteiger partial charge in [0.1, 0.15) is 0 Å². The van der Waals surface area contributed by atoms with Gasteiger partial charge in [0.15, 0.2) is 11.3 Å². The van der Waals surface area contributed by atoms with Gasteiger partial charge in [0.05, 0.1) is 24.3 Å². The van der Waals surface area contributed by atoms with E-state index in [2.05, 4.69) is 0 Å². The molecule has 1 aliphatic carbocycles. The van der Waals surface area contributed by atoms with Crippen molar-refractivity contribution in [2.45, 2.75) is 6.92 Å². The third-order valence-corrected chi connectivity index (χ3v) is 2.39. The van der Waals surface area contributed by atoms with E-state index >= 15 is 0 Å². The summed E-state index contributed by atoms with van der Waals surface area (Å²) in [4.78, 5) is 0. The zero-order valence-corrected chi connectivity index (χ0v) is 7.52. The van der Waals surface area contributed by atoms with Crippen LogP contribution in [0.1, 0.15) is 6.92 Å². The molecular weight excluding hydrogens is 176 g/mol. The van der Waals surface area contributed by atoms with E-state index in [4.69, 9.17) is 21.0 Å². The van der Waals surface area contributed by atoms with Crippen molar-refractivity contribution >= 4 is 0 Å². The molecule has 0 radical (unpaired) electrons. The van der Waals surface area contributed by atoms with Gasteiger partial charge < -0.3 is 0 Å². The van der Waals surface area contributed by atoms with E-state index in [0.717, 1.165) is 5.57 Å². The molecule has 0 aromatic heterocycles. The van der Waals surface area contributed by atoms with Crippen LogP contribution in [0.4, 0.5) is 0 Å². The molecule has 0 amide bonds. The predicted molar refractivity (Wildman–Crippen MR) is 45.6 cm³/mol. The molecular formula is C10H6N4. The first-order chi connectivity index (χ1) is 6.66. The Morgan fingerprint density at radius 3 is 1.86 bits per heavy atom. The summed E-state index contributed by atoms with van der Waals surface area (Å²) in [7, 11) is 0. The van der Waals surface area contributed by atoms with E-state index in [0.29, 0.717) is 0 Å². The lowest BCUT2D eigenvalue weighted by molar-refractivity contribution is 0.413. The van der Waals surface area contributed by atoms with E-state index in [-0.39, 0.29) is 5.92 Å². The average Bonchev–Trinajstić information content (AvgIpc) is 2.92. The van der Waals surface area contributed by atoms with Crippen LogP contribution in [-0.2, 0) is 0 Å². The van der Waals surface area contributed by atoms with Crippen LogP contribution in [0, 0.1) is 62.6 Å². The van der Waals surface area contributed by atoms with E-state index in [1.807, 2.05) is 0 Å². The SMILES string of the molecule is CC1=CC1C(C#N)(C#N)C(C#N)C#N. The topological polar surface area (TPSA) is 95.2 Å². The molecule has 1 atom stereocenters. The Kier molecular flexibility index (Phi) is 2.25. The summed E-state index contributed by atoms with van der Waals surface area (Å²) >= 11 is 0. The van der Waals surface area contributed by atoms with Gasteiger partial charge in [-0.15, -0.1) is 0 Å². The first-order valence-corrected chi connectivity index (χ1v) is 3.96. The summed E-state index contributed by atoms with van der Waals surface area (Å²) in [5, 5.41) is 35.2. The maximum absolute atomic E-state index is 8.93. The van der Waals surface area contributed by atoms with Crippen molar-refractivity contribution in [3.63, 3.8) is 0 Å². The van der Waals surface area contributed by atoms with E-state index in [9.17, 15) is 0 Å². The number of nitrogens with zero attached hydrogens (tertiary/aromatic N) is 4. The molecule has 0 N–H and O–H groups in total. The summed E-state index contributed by atoms with van der Waals surface area (Å²) in [5.41, 5.74) is -0.628. The van der Waals surface area contributed by atoms with Crippen molar-refractivity contribution in [3.05, 3.63) is 11.6 Å². The highest BCUT2D eigenvalue weighted by atomic mass is 14.5. The Hall–Kier alpha value is -2.30. The lowest BCUT2D eigenvalue weighted by atomic mass is 9.73. The Balaban J connectivity index is 3.10. The minimum Gasteiger partial charge on any atom is -0.197 e. The molecule has 0 saturated heterocycles. The second kappa shape index (κ2) is 3.21. The molecule has 0 spiro atoms. The fourth-order valence-corrected chi connectivity index (χ4v) is 1.41. The van der Waals surface area contributed by atoms with Crippen molar-refractivity contribution < 1.29 is 0 Å². The monoisotopic (exact) mass is 182 g/mol. The average molecular weight is 182 g/mol. The molecule has 0 fully saturated rings. The number of nitriles is 4. The van der Waals surface area contributed by atoms with Crippen molar-refractivity contribution in [2.75, 3.05) is 0 Å². The molecule has 66 valence electrons. The number of hydrogen-bond donors (Lipinski definition) is 0. The molecule has 14 heavy (non-hydrogen) atoms. The molecule has 0 bridgehead atoms. The van der Waals surface area contributed by atoms with E-state index in [1.165, 1.54) is 0 Å². The summed E-state index contributed by atoms with van der Waals surface area (Å²) in [6, 6.07) is 7.00. The summed E-state index contributed by atoms with van der Waals surface area (Å²) < 4.78 is 0. The predicted octanol–water partition coefficient (Wildman–Crippen LogP) is 1.26. The van der Waals surface area contributed by atoms with Crippen LogP contribution >= 0.6 is 0 Å². The molecule has 0 aromatic carbocycles. The number of hydrogen-bond acceptors (Lipinski definition) is 4. The standard InChI is InChI=1S/C10H6N4/c1-7-2-9(7)10(5-13,6-14)8(3-11)4-12/h2,8-9H,1H3. The summed E-state index contributed by atoms with van der Waals surface area (Å²) in [6.07, 6.45) is 1.73. The van der Waals surface area contributed by atoms with Crippen LogP contribution in [0.3, 0.4) is 0 Å². The second-order valence-electron chi connectivity index (χ2n) is 3.17. The third kappa shape index (κ3) is 1.11. The number of allylic oxidation sites excluding steroid dienone is 2. The van der Waals surface area contributed by atoms with Crippen LogP contribution in [0.5, 0.6) is 0 Å². The molecule has 0 aromatic rings. The van der Waals surface area contributed by atoms with Gasteiger partial charge in [-0.05, 0) is 6.92 Å². The van der Waals surface area contributed by atoms with Crippen LogP contribution in [-0.4, -0.2) is 0 Å². The molecule has 0 aliphatic heterocycles. The quantitative estimate of drug-likeness (QED) is 0.600. The smallest absolute Gasteiger partial charge is 0.182 e. The zero-order valence-electron chi connectivity index (χ0n) is 7.52. The minimum absolute atomic E-state index is 0.332. The molecule has 0 heterocycles. The third-order valence-electron chi connectivity index (χ3n) is 2.39. The maximum atomic E-state index is 8.93.